The minimum Gasteiger partial charge on any atom is -0.465 e. The van der Waals surface area contributed by atoms with E-state index in [0.29, 0.717) is 23.7 Å². The zero-order valence-corrected chi connectivity index (χ0v) is 25.1. The lowest BCUT2D eigenvalue weighted by Gasteiger charge is -2.16. The van der Waals surface area contributed by atoms with Gasteiger partial charge >= 0.3 is 5.97 Å². The van der Waals surface area contributed by atoms with Gasteiger partial charge in [-0.2, -0.15) is 0 Å². The maximum Gasteiger partial charge on any atom is 0.340 e. The summed E-state index contributed by atoms with van der Waals surface area (Å²) in [6.07, 6.45) is 0. The van der Waals surface area contributed by atoms with Gasteiger partial charge in [-0.15, -0.1) is 0 Å². The van der Waals surface area contributed by atoms with Gasteiger partial charge in [-0.1, -0.05) is 35.4 Å². The number of rotatable bonds is 11. The maximum absolute atomic E-state index is 12.9. The first-order valence-corrected chi connectivity index (χ1v) is 15.9. The molecule has 42 heavy (non-hydrogen) atoms. The number of ether oxygens (including phenoxy) is 2. The van der Waals surface area contributed by atoms with Crippen molar-refractivity contribution in [2.24, 2.45) is 0 Å². The highest BCUT2D eigenvalue weighted by molar-refractivity contribution is 7.93. The lowest BCUT2D eigenvalue weighted by atomic mass is 10.1. The van der Waals surface area contributed by atoms with E-state index in [1.165, 1.54) is 49.6 Å². The molecule has 4 rings (SSSR count). The number of carbonyl (C=O) groups excluding carboxylic acids is 1. The molecule has 220 valence electrons. The summed E-state index contributed by atoms with van der Waals surface area (Å²) in [6, 6.07) is 21.8. The summed E-state index contributed by atoms with van der Waals surface area (Å²) in [5.41, 5.74) is 2.60. The molecule has 0 aliphatic heterocycles. The Morgan fingerprint density at radius 1 is 0.667 bits per heavy atom. The fraction of sp³-hybridized carbons (Fsp3) is 0.167. The molecule has 4 aromatic rings. The van der Waals surface area contributed by atoms with E-state index in [9.17, 15) is 21.6 Å². The van der Waals surface area contributed by atoms with Crippen LogP contribution in [0.1, 0.15) is 28.4 Å². The molecular formula is C30H31N3O7S2. The predicted octanol–water partition coefficient (Wildman–Crippen LogP) is 5.92. The van der Waals surface area contributed by atoms with E-state index in [1.807, 2.05) is 20.8 Å². The smallest absolute Gasteiger partial charge is 0.340 e. The lowest BCUT2D eigenvalue weighted by molar-refractivity contribution is 0.0601. The van der Waals surface area contributed by atoms with Crippen LogP contribution >= 0.6 is 0 Å². The van der Waals surface area contributed by atoms with Crippen LogP contribution in [-0.2, 0) is 24.8 Å². The van der Waals surface area contributed by atoms with E-state index in [4.69, 9.17) is 9.47 Å². The molecule has 0 saturated carbocycles. The minimum atomic E-state index is -3.98. The van der Waals surface area contributed by atoms with Gasteiger partial charge in [0.05, 0.1) is 39.5 Å². The Morgan fingerprint density at radius 3 is 1.64 bits per heavy atom. The monoisotopic (exact) mass is 609 g/mol. The fourth-order valence-corrected chi connectivity index (χ4v) is 6.11. The topological polar surface area (TPSA) is 140 Å². The van der Waals surface area contributed by atoms with Crippen LogP contribution in [0.5, 0.6) is 11.5 Å². The molecule has 0 aliphatic carbocycles. The van der Waals surface area contributed by atoms with E-state index >= 15 is 0 Å². The number of hydrogen-bond acceptors (Lipinski definition) is 8. The van der Waals surface area contributed by atoms with Crippen LogP contribution in [0.4, 0.5) is 17.1 Å². The van der Waals surface area contributed by atoms with Crippen molar-refractivity contribution in [3.8, 4) is 11.5 Å². The standard InChI is InChI=1S/C30H31N3O7S2/c1-5-31-29-19-23(11-17-28(29)33-42(37,38)25-14-8-21(3)9-15-25)40-22-10-16-27(26(18-22)30(34)39-4)32-41(35,36)24-12-6-20(2)7-13-24/h6-19,31-33H,5H2,1-4H3. The van der Waals surface area contributed by atoms with Gasteiger partial charge in [0.25, 0.3) is 20.0 Å². The van der Waals surface area contributed by atoms with Crippen LogP contribution in [-0.4, -0.2) is 36.5 Å². The molecule has 0 unspecified atom stereocenters. The van der Waals surface area contributed by atoms with Crippen molar-refractivity contribution in [3.63, 3.8) is 0 Å². The molecule has 0 aromatic heterocycles. The van der Waals surface area contributed by atoms with Gasteiger partial charge in [0.2, 0.25) is 0 Å². The number of aryl methyl sites for hydroxylation is 2. The normalized spacial score (nSPS) is 11.4. The Kier molecular flexibility index (Phi) is 9.08. The van der Waals surface area contributed by atoms with Gasteiger partial charge in [0, 0.05) is 12.6 Å². The van der Waals surface area contributed by atoms with E-state index in [-0.39, 0.29) is 26.8 Å². The summed E-state index contributed by atoms with van der Waals surface area (Å²) < 4.78 is 67.7. The summed E-state index contributed by atoms with van der Waals surface area (Å²) in [6.45, 7) is 6.09. The van der Waals surface area contributed by atoms with Crippen molar-refractivity contribution >= 4 is 43.1 Å². The average Bonchev–Trinajstić information content (AvgIpc) is 2.95. The quantitative estimate of drug-likeness (QED) is 0.178. The third kappa shape index (κ3) is 7.20. The van der Waals surface area contributed by atoms with Crippen LogP contribution in [0.25, 0.3) is 0 Å². The molecule has 0 heterocycles. The SMILES string of the molecule is CCNc1cc(Oc2ccc(NS(=O)(=O)c3ccc(C)cc3)c(C(=O)OC)c2)ccc1NS(=O)(=O)c1ccc(C)cc1. The Morgan fingerprint density at radius 2 is 1.14 bits per heavy atom. The first-order valence-electron chi connectivity index (χ1n) is 12.9. The minimum absolute atomic E-state index is 0.0176. The summed E-state index contributed by atoms with van der Waals surface area (Å²) in [5.74, 6) is -0.201. The number of anilines is 3. The van der Waals surface area contributed by atoms with E-state index in [1.54, 1.807) is 42.5 Å². The van der Waals surface area contributed by atoms with Gasteiger partial charge in [0.1, 0.15) is 11.5 Å². The second-order valence-corrected chi connectivity index (χ2v) is 12.7. The average molecular weight is 610 g/mol. The second kappa shape index (κ2) is 12.5. The highest BCUT2D eigenvalue weighted by Gasteiger charge is 2.21. The van der Waals surface area contributed by atoms with E-state index in [2.05, 4.69) is 14.8 Å². The predicted molar refractivity (Wildman–Crippen MR) is 162 cm³/mol. The van der Waals surface area contributed by atoms with E-state index < -0.39 is 26.0 Å². The second-order valence-electron chi connectivity index (χ2n) is 9.38. The van der Waals surface area contributed by atoms with Gasteiger partial charge in [-0.25, -0.2) is 21.6 Å². The van der Waals surface area contributed by atoms with Crippen LogP contribution < -0.4 is 19.5 Å². The number of carbonyl (C=O) groups is 1. The van der Waals surface area contributed by atoms with Crippen molar-refractivity contribution in [2.45, 2.75) is 30.6 Å². The first kappa shape index (κ1) is 30.4. The maximum atomic E-state index is 12.9. The number of esters is 1. The van der Waals surface area contributed by atoms with Gasteiger partial charge in [0.15, 0.2) is 0 Å². The molecule has 10 nitrogen and oxygen atoms in total. The molecule has 12 heteroatoms. The summed E-state index contributed by atoms with van der Waals surface area (Å²) in [5, 5.41) is 3.12. The van der Waals surface area contributed by atoms with Crippen molar-refractivity contribution in [1.82, 2.24) is 0 Å². The zero-order chi connectivity index (χ0) is 30.5. The highest BCUT2D eigenvalue weighted by atomic mass is 32.2. The fourth-order valence-electron chi connectivity index (χ4n) is 3.95. The van der Waals surface area contributed by atoms with Crippen molar-refractivity contribution in [2.75, 3.05) is 28.4 Å². The van der Waals surface area contributed by atoms with Crippen molar-refractivity contribution in [1.29, 1.82) is 0 Å². The van der Waals surface area contributed by atoms with Crippen LogP contribution in [0.3, 0.4) is 0 Å². The van der Waals surface area contributed by atoms with Gasteiger partial charge < -0.3 is 14.8 Å². The Hall–Kier alpha value is -4.55. The largest absolute Gasteiger partial charge is 0.465 e. The van der Waals surface area contributed by atoms with Crippen LogP contribution in [0.2, 0.25) is 0 Å². The first-order chi connectivity index (χ1) is 19.9. The molecule has 0 radical (unpaired) electrons. The molecule has 0 spiro atoms. The Labute approximate surface area is 245 Å². The number of sulfonamides is 2. The van der Waals surface area contributed by atoms with Gasteiger partial charge in [-0.05, 0) is 75.4 Å². The van der Waals surface area contributed by atoms with E-state index in [0.717, 1.165) is 11.1 Å². The Balaban J connectivity index is 1.60. The van der Waals surface area contributed by atoms with Crippen molar-refractivity contribution in [3.05, 3.63) is 102 Å². The number of hydrogen-bond donors (Lipinski definition) is 3. The molecular weight excluding hydrogens is 578 g/mol. The third-order valence-electron chi connectivity index (χ3n) is 6.14. The lowest BCUT2D eigenvalue weighted by Crippen LogP contribution is -2.16. The summed E-state index contributed by atoms with van der Waals surface area (Å²) >= 11 is 0. The molecule has 4 aromatic carbocycles. The number of benzene rings is 4. The molecule has 0 amide bonds. The Bertz CT molecular complexity index is 1810. The molecule has 3 N–H and O–H groups in total. The van der Waals surface area contributed by atoms with Crippen LogP contribution in [0, 0.1) is 13.8 Å². The summed E-state index contributed by atoms with van der Waals surface area (Å²) in [4.78, 5) is 12.7. The summed E-state index contributed by atoms with van der Waals surface area (Å²) in [7, 11) is -6.64. The molecule has 0 bridgehead atoms. The number of nitrogens with one attached hydrogen (secondary N) is 3. The van der Waals surface area contributed by atoms with Crippen molar-refractivity contribution < 1.29 is 31.1 Å². The molecule has 0 saturated heterocycles. The van der Waals surface area contributed by atoms with Crippen LogP contribution in [0.15, 0.2) is 94.7 Å². The van der Waals surface area contributed by atoms with Gasteiger partial charge in [-0.3, -0.25) is 9.44 Å². The number of methoxy groups -OCH3 is 1. The third-order valence-corrected chi connectivity index (χ3v) is 8.90. The highest BCUT2D eigenvalue weighted by Crippen LogP contribution is 2.33. The zero-order valence-electron chi connectivity index (χ0n) is 23.5. The molecule has 0 aliphatic rings. The molecule has 0 atom stereocenters. The molecule has 0 fully saturated rings.